The number of rotatable bonds is 4. The zero-order valence-electron chi connectivity index (χ0n) is 15.7. The highest BCUT2D eigenvalue weighted by atomic mass is 16.5. The molecular weight excluding hydrogens is 316 g/mol. The van der Waals surface area contributed by atoms with Gasteiger partial charge in [0.05, 0.1) is 18.9 Å². The van der Waals surface area contributed by atoms with Crippen molar-refractivity contribution in [3.8, 4) is 0 Å². The molecule has 0 bridgehead atoms. The van der Waals surface area contributed by atoms with Gasteiger partial charge in [-0.2, -0.15) is 0 Å². The lowest BCUT2D eigenvalue weighted by molar-refractivity contribution is -0.133. The molecule has 0 saturated carbocycles. The Labute approximate surface area is 150 Å². The predicted octanol–water partition coefficient (Wildman–Crippen LogP) is 2.37. The Morgan fingerprint density at radius 2 is 2.04 bits per heavy atom. The van der Waals surface area contributed by atoms with Gasteiger partial charge in [0.15, 0.2) is 0 Å². The number of morpholine rings is 1. The molecular formula is C19H30N4O2. The van der Waals surface area contributed by atoms with Crippen molar-refractivity contribution in [3.63, 3.8) is 0 Å². The third kappa shape index (κ3) is 4.69. The number of anilines is 1. The lowest BCUT2D eigenvalue weighted by atomic mass is 9.93. The van der Waals surface area contributed by atoms with E-state index >= 15 is 0 Å². The second kappa shape index (κ2) is 8.13. The van der Waals surface area contributed by atoms with E-state index in [0.717, 1.165) is 69.6 Å². The first-order chi connectivity index (χ1) is 12.0. The molecule has 2 aliphatic heterocycles. The van der Waals surface area contributed by atoms with Crippen LogP contribution in [0.5, 0.6) is 0 Å². The number of likely N-dealkylation sites (tertiary alicyclic amines) is 1. The van der Waals surface area contributed by atoms with Crippen LogP contribution in [0.2, 0.25) is 0 Å². The zero-order chi connectivity index (χ0) is 17.8. The van der Waals surface area contributed by atoms with E-state index in [0.29, 0.717) is 18.3 Å². The minimum Gasteiger partial charge on any atom is -0.378 e. The molecule has 3 rings (SSSR count). The van der Waals surface area contributed by atoms with E-state index in [1.54, 1.807) is 0 Å². The van der Waals surface area contributed by atoms with Crippen LogP contribution in [0.4, 0.5) is 5.82 Å². The first-order valence-corrected chi connectivity index (χ1v) is 9.49. The summed E-state index contributed by atoms with van der Waals surface area (Å²) in [5, 5.41) is 0. The Morgan fingerprint density at radius 1 is 1.28 bits per heavy atom. The van der Waals surface area contributed by atoms with E-state index in [1.165, 1.54) is 0 Å². The van der Waals surface area contributed by atoms with Crippen molar-refractivity contribution in [2.75, 3.05) is 44.3 Å². The molecule has 2 aliphatic rings. The molecule has 3 heterocycles. The number of amides is 1. The van der Waals surface area contributed by atoms with Gasteiger partial charge >= 0.3 is 0 Å². The number of ether oxygens (including phenoxy) is 1. The van der Waals surface area contributed by atoms with Crippen molar-refractivity contribution < 1.29 is 9.53 Å². The van der Waals surface area contributed by atoms with E-state index in [9.17, 15) is 4.79 Å². The molecule has 138 valence electrons. The molecule has 2 fully saturated rings. The summed E-state index contributed by atoms with van der Waals surface area (Å²) in [4.78, 5) is 26.1. The average molecular weight is 346 g/mol. The topological polar surface area (TPSA) is 58.6 Å². The molecule has 6 nitrogen and oxygen atoms in total. The molecule has 0 aliphatic carbocycles. The summed E-state index contributed by atoms with van der Waals surface area (Å²) in [5.41, 5.74) is 1.08. The molecule has 0 unspecified atom stereocenters. The largest absolute Gasteiger partial charge is 0.378 e. The van der Waals surface area contributed by atoms with Crippen LogP contribution in [0.15, 0.2) is 6.07 Å². The van der Waals surface area contributed by atoms with Crippen molar-refractivity contribution in [1.82, 2.24) is 14.9 Å². The van der Waals surface area contributed by atoms with E-state index in [2.05, 4.69) is 29.8 Å². The molecule has 1 aromatic rings. The number of piperidine rings is 1. The fourth-order valence-corrected chi connectivity index (χ4v) is 3.66. The van der Waals surface area contributed by atoms with Crippen LogP contribution in [-0.2, 0) is 9.53 Å². The fraction of sp³-hybridized carbons (Fsp3) is 0.737. The molecule has 1 aromatic heterocycles. The Morgan fingerprint density at radius 3 is 2.76 bits per heavy atom. The lowest BCUT2D eigenvalue weighted by Gasteiger charge is -2.34. The number of carbonyl (C=O) groups is 1. The van der Waals surface area contributed by atoms with Crippen LogP contribution in [0.25, 0.3) is 0 Å². The van der Waals surface area contributed by atoms with Gasteiger partial charge in [0.1, 0.15) is 11.6 Å². The quantitative estimate of drug-likeness (QED) is 0.838. The minimum absolute atomic E-state index is 0.277. The highest BCUT2D eigenvalue weighted by Crippen LogP contribution is 2.28. The van der Waals surface area contributed by atoms with Crippen LogP contribution in [0.1, 0.15) is 50.5 Å². The van der Waals surface area contributed by atoms with Crippen molar-refractivity contribution >= 4 is 11.7 Å². The van der Waals surface area contributed by atoms with Gasteiger partial charge in [0.2, 0.25) is 5.91 Å². The van der Waals surface area contributed by atoms with Crippen molar-refractivity contribution in [2.24, 2.45) is 5.92 Å². The summed E-state index contributed by atoms with van der Waals surface area (Å²) >= 11 is 0. The van der Waals surface area contributed by atoms with E-state index in [-0.39, 0.29) is 5.91 Å². The lowest BCUT2D eigenvalue weighted by Crippen LogP contribution is -2.40. The van der Waals surface area contributed by atoms with Crippen LogP contribution >= 0.6 is 0 Å². The molecule has 0 radical (unpaired) electrons. The monoisotopic (exact) mass is 346 g/mol. The van der Waals surface area contributed by atoms with Crippen LogP contribution < -0.4 is 4.90 Å². The number of hydrogen-bond donors (Lipinski definition) is 0. The smallest absolute Gasteiger partial charge is 0.222 e. The summed E-state index contributed by atoms with van der Waals surface area (Å²) in [6.07, 6.45) is 2.77. The number of hydrogen-bond acceptors (Lipinski definition) is 5. The van der Waals surface area contributed by atoms with Gasteiger partial charge in [-0.15, -0.1) is 0 Å². The molecule has 0 spiro atoms. The van der Waals surface area contributed by atoms with Gasteiger partial charge in [-0.1, -0.05) is 13.8 Å². The highest BCUT2D eigenvalue weighted by molar-refractivity contribution is 5.76. The predicted molar refractivity (Wildman–Crippen MR) is 97.8 cm³/mol. The molecule has 6 heteroatoms. The Balaban J connectivity index is 1.74. The van der Waals surface area contributed by atoms with Crippen LogP contribution in [-0.4, -0.2) is 60.2 Å². The summed E-state index contributed by atoms with van der Waals surface area (Å²) in [6.45, 7) is 11.1. The third-order valence-electron chi connectivity index (χ3n) is 4.95. The van der Waals surface area contributed by atoms with Crippen molar-refractivity contribution in [1.29, 1.82) is 0 Å². The molecule has 1 atom stereocenters. The zero-order valence-corrected chi connectivity index (χ0v) is 15.7. The second-order valence-corrected chi connectivity index (χ2v) is 7.57. The molecule has 1 amide bonds. The van der Waals surface area contributed by atoms with Crippen molar-refractivity contribution in [3.05, 3.63) is 17.6 Å². The third-order valence-corrected chi connectivity index (χ3v) is 4.95. The van der Waals surface area contributed by atoms with Gasteiger partial charge in [0.25, 0.3) is 0 Å². The Hall–Kier alpha value is -1.69. The molecule has 0 aromatic carbocycles. The summed E-state index contributed by atoms with van der Waals surface area (Å²) in [5.74, 6) is 2.80. The second-order valence-electron chi connectivity index (χ2n) is 7.57. The van der Waals surface area contributed by atoms with Crippen LogP contribution in [0.3, 0.4) is 0 Å². The summed E-state index contributed by atoms with van der Waals surface area (Å²) in [6, 6.07) is 2.12. The van der Waals surface area contributed by atoms with E-state index < -0.39 is 0 Å². The van der Waals surface area contributed by atoms with Gasteiger partial charge in [-0.05, 0) is 25.7 Å². The van der Waals surface area contributed by atoms with E-state index in [1.807, 2.05) is 11.8 Å². The Kier molecular flexibility index (Phi) is 5.89. The average Bonchev–Trinajstić information content (AvgIpc) is 2.61. The summed E-state index contributed by atoms with van der Waals surface area (Å²) < 4.78 is 5.44. The van der Waals surface area contributed by atoms with Gasteiger partial charge in [-0.25, -0.2) is 9.97 Å². The number of carbonyl (C=O) groups excluding carboxylic acids is 1. The molecule has 2 saturated heterocycles. The van der Waals surface area contributed by atoms with Crippen LogP contribution in [0, 0.1) is 12.8 Å². The number of aryl methyl sites for hydroxylation is 1. The standard InChI is InChI=1S/C19H30N4O2/c1-14(2)11-19(24)23-6-4-5-16(13-23)17-12-18(21-15(3)20-17)22-7-9-25-10-8-22/h12,14,16H,4-11,13H2,1-3H3/t16-/m1/s1. The maximum absolute atomic E-state index is 12.4. The number of aromatic nitrogens is 2. The summed E-state index contributed by atoms with van der Waals surface area (Å²) in [7, 11) is 0. The first kappa shape index (κ1) is 18.1. The maximum atomic E-state index is 12.4. The SMILES string of the molecule is Cc1nc([C@@H]2CCCN(C(=O)CC(C)C)C2)cc(N2CCOCC2)n1. The van der Waals surface area contributed by atoms with Gasteiger partial charge < -0.3 is 14.5 Å². The first-order valence-electron chi connectivity index (χ1n) is 9.49. The molecule has 25 heavy (non-hydrogen) atoms. The minimum atomic E-state index is 0.277. The highest BCUT2D eigenvalue weighted by Gasteiger charge is 2.27. The van der Waals surface area contributed by atoms with E-state index in [4.69, 9.17) is 9.72 Å². The Bertz CT molecular complexity index is 599. The fourth-order valence-electron chi connectivity index (χ4n) is 3.66. The van der Waals surface area contributed by atoms with Gasteiger partial charge in [0, 0.05) is 44.6 Å². The number of nitrogens with zero attached hydrogens (tertiary/aromatic N) is 4. The van der Waals surface area contributed by atoms with Gasteiger partial charge in [-0.3, -0.25) is 4.79 Å². The van der Waals surface area contributed by atoms with Crippen molar-refractivity contribution in [2.45, 2.75) is 46.0 Å². The normalized spacial score (nSPS) is 21.7. The maximum Gasteiger partial charge on any atom is 0.222 e. The molecule has 0 N–H and O–H groups in total.